The summed E-state index contributed by atoms with van der Waals surface area (Å²) in [6, 6.07) is 18.3. The van der Waals surface area contributed by atoms with Crippen LogP contribution in [0.4, 0.5) is 5.69 Å². The molecule has 1 amide bonds. The molecule has 0 saturated carbocycles. The first-order valence-corrected chi connectivity index (χ1v) is 12.3. The van der Waals surface area contributed by atoms with Gasteiger partial charge in [0.2, 0.25) is 0 Å². The Bertz CT molecular complexity index is 1340. The molecule has 0 radical (unpaired) electrons. The first kappa shape index (κ1) is 22.9. The Kier molecular flexibility index (Phi) is 6.17. The van der Waals surface area contributed by atoms with Gasteiger partial charge in [-0.3, -0.25) is 9.59 Å². The fourth-order valence-corrected chi connectivity index (χ4v) is 5.82. The Morgan fingerprint density at radius 3 is 2.63 bits per heavy atom. The Balaban J connectivity index is 1.60. The largest absolute Gasteiger partial charge is 0.504 e. The second-order valence-corrected chi connectivity index (χ2v) is 9.76. The van der Waals surface area contributed by atoms with Gasteiger partial charge in [-0.2, -0.15) is 0 Å². The molecule has 1 aliphatic carbocycles. The molecule has 3 aromatic rings. The summed E-state index contributed by atoms with van der Waals surface area (Å²) in [6.07, 6.45) is 1.08. The lowest BCUT2D eigenvalue weighted by Crippen LogP contribution is -2.37. The Morgan fingerprint density at radius 2 is 1.91 bits per heavy atom. The molecule has 0 spiro atoms. The van der Waals surface area contributed by atoms with Crippen LogP contribution in [-0.2, 0) is 9.59 Å². The summed E-state index contributed by atoms with van der Waals surface area (Å²) in [6.45, 7) is 1.87. The number of benzene rings is 2. The number of phenols is 1. The maximum atomic E-state index is 13.6. The van der Waals surface area contributed by atoms with Crippen molar-refractivity contribution in [3.63, 3.8) is 0 Å². The van der Waals surface area contributed by atoms with E-state index in [4.69, 9.17) is 4.74 Å². The second-order valence-electron chi connectivity index (χ2n) is 8.78. The van der Waals surface area contributed by atoms with Crippen LogP contribution in [0.25, 0.3) is 0 Å². The minimum absolute atomic E-state index is 0.00288. The smallest absolute Gasteiger partial charge is 0.254 e. The van der Waals surface area contributed by atoms with E-state index in [1.807, 2.05) is 48.7 Å². The highest BCUT2D eigenvalue weighted by molar-refractivity contribution is 7.10. The standard InChI is InChI=1S/C28H26N2O4S/c1-16-25(28(33)30-19-7-4-3-5-8-19)26(17-10-11-21(31)23(15-17)34-2)27-20(29-16)13-18(14-22(27)32)24-9-6-12-35-24/h3-12,15,18,26,29,31H,13-14H2,1-2H3,(H,30,33). The summed E-state index contributed by atoms with van der Waals surface area (Å²) < 4.78 is 5.34. The van der Waals surface area contributed by atoms with Crippen molar-refractivity contribution in [1.82, 2.24) is 5.32 Å². The van der Waals surface area contributed by atoms with E-state index in [0.717, 1.165) is 5.70 Å². The number of thiophene rings is 1. The summed E-state index contributed by atoms with van der Waals surface area (Å²) in [5.74, 6) is -0.436. The van der Waals surface area contributed by atoms with Gasteiger partial charge < -0.3 is 20.5 Å². The van der Waals surface area contributed by atoms with Crippen LogP contribution in [0.1, 0.15) is 42.0 Å². The number of nitrogens with one attached hydrogen (secondary N) is 2. The van der Waals surface area contributed by atoms with Crippen molar-refractivity contribution in [3.05, 3.63) is 99.0 Å². The number of amides is 1. The number of para-hydroxylation sites is 1. The van der Waals surface area contributed by atoms with Crippen molar-refractivity contribution in [2.75, 3.05) is 12.4 Å². The van der Waals surface area contributed by atoms with Crippen LogP contribution in [0, 0.1) is 0 Å². The number of anilines is 1. The Hall–Kier alpha value is -3.84. The summed E-state index contributed by atoms with van der Waals surface area (Å²) in [7, 11) is 1.48. The minimum atomic E-state index is -0.582. The fourth-order valence-electron chi connectivity index (χ4n) is 4.99. The van der Waals surface area contributed by atoms with E-state index >= 15 is 0 Å². The van der Waals surface area contributed by atoms with Gasteiger partial charge in [0.15, 0.2) is 17.3 Å². The van der Waals surface area contributed by atoms with Crippen molar-refractivity contribution >= 4 is 28.7 Å². The highest BCUT2D eigenvalue weighted by atomic mass is 32.1. The maximum Gasteiger partial charge on any atom is 0.254 e. The normalized spacial score (nSPS) is 19.8. The van der Waals surface area contributed by atoms with Crippen molar-refractivity contribution in [3.8, 4) is 11.5 Å². The molecule has 1 aliphatic heterocycles. The third-order valence-electron chi connectivity index (χ3n) is 6.59. The van der Waals surface area contributed by atoms with Crippen LogP contribution < -0.4 is 15.4 Å². The second kappa shape index (κ2) is 9.43. The molecular weight excluding hydrogens is 460 g/mol. The molecule has 2 aromatic carbocycles. The fraction of sp³-hybridized carbons (Fsp3) is 0.214. The van der Waals surface area contributed by atoms with Gasteiger partial charge >= 0.3 is 0 Å². The topological polar surface area (TPSA) is 87.7 Å². The molecule has 178 valence electrons. The van der Waals surface area contributed by atoms with E-state index < -0.39 is 5.92 Å². The quantitative estimate of drug-likeness (QED) is 0.446. The van der Waals surface area contributed by atoms with Gasteiger partial charge in [0.25, 0.3) is 5.91 Å². The predicted octanol–water partition coefficient (Wildman–Crippen LogP) is 5.46. The summed E-state index contributed by atoms with van der Waals surface area (Å²) in [4.78, 5) is 28.4. The van der Waals surface area contributed by atoms with Crippen molar-refractivity contribution in [2.24, 2.45) is 0 Å². The van der Waals surface area contributed by atoms with Gasteiger partial charge in [-0.15, -0.1) is 11.3 Å². The van der Waals surface area contributed by atoms with Gasteiger partial charge in [0.05, 0.1) is 7.11 Å². The SMILES string of the molecule is COc1cc(C2C(C(=O)Nc3ccccc3)=C(C)NC3=C2C(=O)CC(c2cccs2)C3)ccc1O. The molecule has 35 heavy (non-hydrogen) atoms. The molecule has 0 bridgehead atoms. The average molecular weight is 487 g/mol. The number of aromatic hydroxyl groups is 1. The molecule has 2 unspecified atom stereocenters. The zero-order chi connectivity index (χ0) is 24.5. The molecule has 0 saturated heterocycles. The van der Waals surface area contributed by atoms with Crippen LogP contribution in [0.2, 0.25) is 0 Å². The summed E-state index contributed by atoms with van der Waals surface area (Å²) >= 11 is 1.66. The van der Waals surface area contributed by atoms with Crippen molar-refractivity contribution in [2.45, 2.75) is 31.6 Å². The number of dihydropyridines is 1. The monoisotopic (exact) mass is 486 g/mol. The van der Waals surface area contributed by atoms with Crippen LogP contribution in [0.5, 0.6) is 11.5 Å². The molecule has 7 heteroatoms. The van der Waals surface area contributed by atoms with Crippen LogP contribution in [0.3, 0.4) is 0 Å². The number of ether oxygens (including phenoxy) is 1. The van der Waals surface area contributed by atoms with Crippen molar-refractivity contribution < 1.29 is 19.4 Å². The average Bonchev–Trinajstić information content (AvgIpc) is 3.39. The first-order chi connectivity index (χ1) is 17.0. The van der Waals surface area contributed by atoms with E-state index in [1.165, 1.54) is 12.0 Å². The number of allylic oxidation sites excluding steroid dienone is 3. The number of ketones is 1. The third-order valence-corrected chi connectivity index (χ3v) is 7.62. The third kappa shape index (κ3) is 4.35. The lowest BCUT2D eigenvalue weighted by atomic mass is 9.72. The highest BCUT2D eigenvalue weighted by Gasteiger charge is 2.41. The molecule has 1 aromatic heterocycles. The highest BCUT2D eigenvalue weighted by Crippen LogP contribution is 2.47. The van der Waals surface area contributed by atoms with Crippen LogP contribution >= 0.6 is 11.3 Å². The predicted molar refractivity (Wildman–Crippen MR) is 137 cm³/mol. The minimum Gasteiger partial charge on any atom is -0.504 e. The lowest BCUT2D eigenvalue weighted by Gasteiger charge is -2.36. The molecule has 6 nitrogen and oxygen atoms in total. The number of methoxy groups -OCH3 is 1. The lowest BCUT2D eigenvalue weighted by molar-refractivity contribution is -0.116. The van der Waals surface area contributed by atoms with Gasteiger partial charge in [0, 0.05) is 51.4 Å². The first-order valence-electron chi connectivity index (χ1n) is 11.5. The van der Waals surface area contributed by atoms with E-state index in [0.29, 0.717) is 46.7 Å². The Labute approximate surface area is 208 Å². The number of hydrogen-bond donors (Lipinski definition) is 3. The van der Waals surface area contributed by atoms with E-state index in [9.17, 15) is 14.7 Å². The van der Waals surface area contributed by atoms with Gasteiger partial charge in [-0.25, -0.2) is 0 Å². The molecule has 2 atom stereocenters. The van der Waals surface area contributed by atoms with Crippen LogP contribution in [0.15, 0.2) is 88.6 Å². The molecule has 3 N–H and O–H groups in total. The maximum absolute atomic E-state index is 13.6. The molecular formula is C28H26N2O4S. The zero-order valence-corrected chi connectivity index (χ0v) is 20.3. The Morgan fingerprint density at radius 1 is 1.11 bits per heavy atom. The van der Waals surface area contributed by atoms with E-state index in [2.05, 4.69) is 16.7 Å². The van der Waals surface area contributed by atoms with E-state index in [-0.39, 0.29) is 23.4 Å². The number of carbonyl (C=O) groups is 2. The zero-order valence-electron chi connectivity index (χ0n) is 19.5. The number of Topliss-reactive ketones (excluding diaryl/α,β-unsaturated/α-hetero) is 1. The van der Waals surface area contributed by atoms with Gasteiger partial charge in [-0.1, -0.05) is 30.3 Å². The molecule has 2 heterocycles. The summed E-state index contributed by atoms with van der Waals surface area (Å²) in [5.41, 5.74) is 4.03. The van der Waals surface area contributed by atoms with Gasteiger partial charge in [-0.05, 0) is 54.6 Å². The number of hydrogen-bond acceptors (Lipinski definition) is 6. The number of carbonyl (C=O) groups excluding carboxylic acids is 2. The number of phenolic OH excluding ortho intramolecular Hbond substituents is 1. The van der Waals surface area contributed by atoms with Crippen molar-refractivity contribution in [1.29, 1.82) is 0 Å². The van der Waals surface area contributed by atoms with E-state index in [1.54, 1.807) is 29.5 Å². The molecule has 0 fully saturated rings. The molecule has 5 rings (SSSR count). The molecule has 2 aliphatic rings. The van der Waals surface area contributed by atoms with Gasteiger partial charge in [0.1, 0.15) is 0 Å². The summed E-state index contributed by atoms with van der Waals surface area (Å²) in [5, 5.41) is 18.6. The number of rotatable bonds is 5. The van der Waals surface area contributed by atoms with Crippen LogP contribution in [-0.4, -0.2) is 23.9 Å².